The predicted molar refractivity (Wildman–Crippen MR) is 87.3 cm³/mol. The van der Waals surface area contributed by atoms with Gasteiger partial charge in [0.2, 0.25) is 0 Å². The molecule has 2 fully saturated rings. The van der Waals surface area contributed by atoms with Crippen LogP contribution in [0, 0.1) is 16.7 Å². The summed E-state index contributed by atoms with van der Waals surface area (Å²) in [4.78, 5) is 0. The summed E-state index contributed by atoms with van der Waals surface area (Å²) in [5, 5.41) is 13.7. The molecule has 2 N–H and O–H groups in total. The molecule has 3 nitrogen and oxygen atoms in total. The van der Waals surface area contributed by atoms with Crippen LogP contribution < -0.4 is 5.32 Å². The Labute approximate surface area is 130 Å². The maximum atomic E-state index is 10.2. The molecule has 3 atom stereocenters. The third-order valence-corrected chi connectivity index (χ3v) is 6.44. The molecule has 0 aliphatic heterocycles. The van der Waals surface area contributed by atoms with E-state index in [2.05, 4.69) is 39.9 Å². The van der Waals surface area contributed by atoms with Crippen molar-refractivity contribution in [3.63, 3.8) is 0 Å². The lowest BCUT2D eigenvalue weighted by Gasteiger charge is -2.31. The molecular formula is C18H35NO2. The van der Waals surface area contributed by atoms with Crippen LogP contribution in [-0.4, -0.2) is 36.5 Å². The summed E-state index contributed by atoms with van der Waals surface area (Å²) in [6, 6.07) is 0.498. The zero-order valence-electron chi connectivity index (χ0n) is 14.6. The van der Waals surface area contributed by atoms with E-state index >= 15 is 0 Å². The average Bonchev–Trinajstić information content (AvgIpc) is 2.84. The standard InChI is InChI=1S/C18H35NO2/c1-6-13-9-7-8-10-15(13)21-12-14(20)11-19-16-17(2,3)18(16,4)5/h13-16,19-20H,6-12H2,1-5H3. The molecule has 21 heavy (non-hydrogen) atoms. The summed E-state index contributed by atoms with van der Waals surface area (Å²) < 4.78 is 6.01. The van der Waals surface area contributed by atoms with Gasteiger partial charge in [-0.05, 0) is 29.6 Å². The van der Waals surface area contributed by atoms with Crippen molar-refractivity contribution in [1.29, 1.82) is 0 Å². The van der Waals surface area contributed by atoms with Gasteiger partial charge in [0.1, 0.15) is 0 Å². The van der Waals surface area contributed by atoms with Gasteiger partial charge >= 0.3 is 0 Å². The van der Waals surface area contributed by atoms with Gasteiger partial charge in [-0.15, -0.1) is 0 Å². The molecule has 0 aromatic carbocycles. The molecule has 2 aliphatic rings. The fourth-order valence-corrected chi connectivity index (χ4v) is 4.11. The largest absolute Gasteiger partial charge is 0.389 e. The number of nitrogens with one attached hydrogen (secondary N) is 1. The molecule has 2 rings (SSSR count). The van der Waals surface area contributed by atoms with Gasteiger partial charge in [-0.1, -0.05) is 53.9 Å². The summed E-state index contributed by atoms with van der Waals surface area (Å²) >= 11 is 0. The molecule has 2 saturated carbocycles. The van der Waals surface area contributed by atoms with E-state index in [1.54, 1.807) is 0 Å². The van der Waals surface area contributed by atoms with Crippen molar-refractivity contribution in [2.75, 3.05) is 13.2 Å². The Morgan fingerprint density at radius 3 is 2.33 bits per heavy atom. The van der Waals surface area contributed by atoms with Crippen LogP contribution in [0.5, 0.6) is 0 Å². The van der Waals surface area contributed by atoms with E-state index in [0.29, 0.717) is 42.0 Å². The molecule has 0 spiro atoms. The first kappa shape index (κ1) is 17.2. The Balaban J connectivity index is 1.67. The lowest BCUT2D eigenvalue weighted by Crippen LogP contribution is -2.37. The predicted octanol–water partition coefficient (Wildman–Crippen LogP) is 3.36. The molecule has 3 unspecified atom stereocenters. The molecule has 0 aromatic heterocycles. The van der Waals surface area contributed by atoms with E-state index in [4.69, 9.17) is 4.74 Å². The summed E-state index contributed by atoms with van der Waals surface area (Å²) in [7, 11) is 0. The highest BCUT2D eigenvalue weighted by Gasteiger charge is 2.64. The molecule has 2 aliphatic carbocycles. The highest BCUT2D eigenvalue weighted by molar-refractivity contribution is 5.17. The lowest BCUT2D eigenvalue weighted by molar-refractivity contribution is -0.0501. The van der Waals surface area contributed by atoms with E-state index in [0.717, 1.165) is 0 Å². The van der Waals surface area contributed by atoms with Gasteiger partial charge < -0.3 is 15.2 Å². The zero-order chi connectivity index (χ0) is 15.7. The molecule has 0 saturated heterocycles. The van der Waals surface area contributed by atoms with Gasteiger partial charge in [-0.2, -0.15) is 0 Å². The Morgan fingerprint density at radius 1 is 1.14 bits per heavy atom. The first-order valence-corrected chi connectivity index (χ1v) is 8.83. The second kappa shape index (κ2) is 6.55. The smallest absolute Gasteiger partial charge is 0.0897 e. The SMILES string of the molecule is CCC1CCCCC1OCC(O)CNC1C(C)(C)C1(C)C. The second-order valence-corrected chi connectivity index (χ2v) is 8.26. The zero-order valence-corrected chi connectivity index (χ0v) is 14.6. The van der Waals surface area contributed by atoms with Crippen LogP contribution in [0.1, 0.15) is 66.7 Å². The number of hydrogen-bond donors (Lipinski definition) is 2. The van der Waals surface area contributed by atoms with Crippen LogP contribution in [0.2, 0.25) is 0 Å². The van der Waals surface area contributed by atoms with Crippen molar-refractivity contribution in [2.24, 2.45) is 16.7 Å². The number of aliphatic hydroxyl groups is 1. The van der Waals surface area contributed by atoms with Crippen molar-refractivity contribution >= 4 is 0 Å². The maximum absolute atomic E-state index is 10.2. The summed E-state index contributed by atoms with van der Waals surface area (Å²) in [5.41, 5.74) is 0.647. The minimum atomic E-state index is -0.392. The van der Waals surface area contributed by atoms with Crippen molar-refractivity contribution in [2.45, 2.75) is 85.0 Å². The third-order valence-electron chi connectivity index (χ3n) is 6.44. The first-order chi connectivity index (χ1) is 9.80. The van der Waals surface area contributed by atoms with E-state index < -0.39 is 6.10 Å². The number of ether oxygens (including phenoxy) is 1. The molecule has 0 amide bonds. The summed E-state index contributed by atoms with van der Waals surface area (Å²) in [5.74, 6) is 0.695. The fraction of sp³-hybridized carbons (Fsp3) is 1.00. The van der Waals surface area contributed by atoms with Gasteiger partial charge in [-0.3, -0.25) is 0 Å². The Bertz CT molecular complexity index is 326. The summed E-state index contributed by atoms with van der Waals surface area (Å²) in [6.07, 6.45) is 6.25. The van der Waals surface area contributed by atoms with Crippen LogP contribution in [0.3, 0.4) is 0 Å². The van der Waals surface area contributed by atoms with Crippen LogP contribution in [0.15, 0.2) is 0 Å². The highest BCUT2D eigenvalue weighted by atomic mass is 16.5. The van der Waals surface area contributed by atoms with Gasteiger partial charge in [0.05, 0.1) is 18.8 Å². The van der Waals surface area contributed by atoms with E-state index in [9.17, 15) is 5.11 Å². The fourth-order valence-electron chi connectivity index (χ4n) is 4.11. The topological polar surface area (TPSA) is 41.5 Å². The quantitative estimate of drug-likeness (QED) is 0.757. The van der Waals surface area contributed by atoms with Crippen LogP contribution >= 0.6 is 0 Å². The highest BCUT2D eigenvalue weighted by Crippen LogP contribution is 2.62. The van der Waals surface area contributed by atoms with E-state index in [1.807, 2.05) is 0 Å². The molecule has 3 heteroatoms. The van der Waals surface area contributed by atoms with Crippen molar-refractivity contribution in [3.05, 3.63) is 0 Å². The van der Waals surface area contributed by atoms with Gasteiger partial charge in [0.15, 0.2) is 0 Å². The Morgan fingerprint density at radius 2 is 1.76 bits per heavy atom. The number of aliphatic hydroxyl groups excluding tert-OH is 1. The normalized spacial score (nSPS) is 32.9. The van der Waals surface area contributed by atoms with Crippen LogP contribution in [0.4, 0.5) is 0 Å². The van der Waals surface area contributed by atoms with Crippen molar-refractivity contribution in [1.82, 2.24) is 5.32 Å². The van der Waals surface area contributed by atoms with Gasteiger partial charge in [0.25, 0.3) is 0 Å². The van der Waals surface area contributed by atoms with Crippen molar-refractivity contribution < 1.29 is 9.84 Å². The molecular weight excluding hydrogens is 262 g/mol. The minimum absolute atomic E-state index is 0.324. The minimum Gasteiger partial charge on any atom is -0.389 e. The molecule has 0 bridgehead atoms. The Kier molecular flexibility index (Phi) is 5.38. The molecule has 0 aromatic rings. The second-order valence-electron chi connectivity index (χ2n) is 8.26. The van der Waals surface area contributed by atoms with Gasteiger partial charge in [0, 0.05) is 12.6 Å². The molecule has 0 heterocycles. The lowest BCUT2D eigenvalue weighted by atomic mass is 9.85. The van der Waals surface area contributed by atoms with Gasteiger partial charge in [-0.25, -0.2) is 0 Å². The van der Waals surface area contributed by atoms with Crippen molar-refractivity contribution in [3.8, 4) is 0 Å². The van der Waals surface area contributed by atoms with E-state index in [-0.39, 0.29) is 0 Å². The number of rotatable bonds is 7. The van der Waals surface area contributed by atoms with E-state index in [1.165, 1.54) is 32.1 Å². The summed E-state index contributed by atoms with van der Waals surface area (Å²) in [6.45, 7) is 12.5. The third kappa shape index (κ3) is 3.62. The molecule has 124 valence electrons. The number of hydrogen-bond acceptors (Lipinski definition) is 3. The molecule has 0 radical (unpaired) electrons. The van der Waals surface area contributed by atoms with Crippen LogP contribution in [-0.2, 0) is 4.74 Å². The maximum Gasteiger partial charge on any atom is 0.0897 e. The van der Waals surface area contributed by atoms with Crippen LogP contribution in [0.25, 0.3) is 0 Å². The monoisotopic (exact) mass is 297 g/mol. The Hall–Kier alpha value is -0.120. The first-order valence-electron chi connectivity index (χ1n) is 8.83. The average molecular weight is 297 g/mol.